The van der Waals surface area contributed by atoms with Crippen LogP contribution >= 0.6 is 0 Å². The Kier molecular flexibility index (Phi) is 4.03. The van der Waals surface area contributed by atoms with Crippen molar-refractivity contribution in [1.29, 1.82) is 0 Å². The second kappa shape index (κ2) is 7.15. The van der Waals surface area contributed by atoms with Crippen LogP contribution in [0.15, 0.2) is 78.9 Å². The second-order valence-corrected chi connectivity index (χ2v) is 7.57. The molecule has 0 unspecified atom stereocenters. The molecule has 0 atom stereocenters. The van der Waals surface area contributed by atoms with Gasteiger partial charge in [0, 0.05) is 33.1 Å². The standard InChI is InChI=1S/C26H20N4O/c1-2-4-23(5-3-1)31-26-24-12-10-21(29-24)15-19-8-6-17(27-19)14-18-7-9-20(28-18)16-22-11-13-25(26)30-22/h1-16,27-30H. The van der Waals surface area contributed by atoms with Crippen LogP contribution in [0.4, 0.5) is 0 Å². The van der Waals surface area contributed by atoms with Crippen LogP contribution in [0.25, 0.3) is 24.0 Å². The van der Waals surface area contributed by atoms with E-state index in [1.54, 1.807) is 0 Å². The van der Waals surface area contributed by atoms with Crippen LogP contribution in [-0.4, -0.2) is 19.9 Å². The predicted octanol–water partition coefficient (Wildman–Crippen LogP) is 2.03. The number of H-pyrrole nitrogens is 4. The van der Waals surface area contributed by atoms with Gasteiger partial charge in [0.1, 0.15) is 5.75 Å². The SMILES string of the molecule is C1=c2ccc([nH]2)=Cc2ccc([nH]2)C(Oc2ccccc2)=c2ccc([nH]2)=Cc2ccc1[nH]2. The van der Waals surface area contributed by atoms with Crippen molar-refractivity contribution < 1.29 is 4.74 Å². The largest absolute Gasteiger partial charge is 0.453 e. The van der Waals surface area contributed by atoms with Crippen molar-refractivity contribution in [3.63, 3.8) is 0 Å². The molecule has 31 heavy (non-hydrogen) atoms. The lowest BCUT2D eigenvalue weighted by Crippen LogP contribution is -2.17. The van der Waals surface area contributed by atoms with Gasteiger partial charge in [-0.1, -0.05) is 18.2 Å². The van der Waals surface area contributed by atoms with Gasteiger partial charge in [0.25, 0.3) is 0 Å². The molecule has 1 aliphatic rings. The first-order chi connectivity index (χ1) is 15.3. The van der Waals surface area contributed by atoms with Crippen molar-refractivity contribution in [2.24, 2.45) is 0 Å². The molecule has 5 heteroatoms. The van der Waals surface area contributed by atoms with E-state index in [0.29, 0.717) is 0 Å². The van der Waals surface area contributed by atoms with Gasteiger partial charge in [-0.25, -0.2) is 0 Å². The number of hydrogen-bond acceptors (Lipinski definition) is 1. The number of ether oxygens (including phenoxy) is 1. The van der Waals surface area contributed by atoms with Crippen LogP contribution < -0.4 is 26.1 Å². The molecular formula is C26H20N4O. The maximum absolute atomic E-state index is 6.32. The summed E-state index contributed by atoms with van der Waals surface area (Å²) in [5.74, 6) is 1.52. The molecule has 5 heterocycles. The molecule has 1 aliphatic heterocycles. The fourth-order valence-electron chi connectivity index (χ4n) is 3.82. The van der Waals surface area contributed by atoms with E-state index >= 15 is 0 Å². The summed E-state index contributed by atoms with van der Waals surface area (Å²) >= 11 is 0. The van der Waals surface area contributed by atoms with Gasteiger partial charge in [0.05, 0.1) is 11.0 Å². The topological polar surface area (TPSA) is 72.4 Å². The Balaban J connectivity index is 1.60. The van der Waals surface area contributed by atoms with Crippen molar-refractivity contribution in [3.8, 4) is 5.75 Å². The van der Waals surface area contributed by atoms with E-state index in [2.05, 4.69) is 74.6 Å². The van der Waals surface area contributed by atoms with Crippen molar-refractivity contribution in [3.05, 3.63) is 123 Å². The molecule has 4 N–H and O–H groups in total. The third-order valence-electron chi connectivity index (χ3n) is 5.26. The Hall–Kier alpha value is -4.38. The zero-order chi connectivity index (χ0) is 20.6. The first kappa shape index (κ1) is 17.5. The number of hydrogen-bond donors (Lipinski definition) is 4. The molecule has 0 aliphatic carbocycles. The molecule has 5 aromatic rings. The minimum Gasteiger partial charge on any atom is -0.453 e. The number of aromatic nitrogens is 4. The van der Waals surface area contributed by atoms with E-state index in [1.165, 1.54) is 0 Å². The first-order valence-electron chi connectivity index (χ1n) is 10.2. The molecule has 0 saturated heterocycles. The molecule has 0 spiro atoms. The van der Waals surface area contributed by atoms with Gasteiger partial charge < -0.3 is 24.7 Å². The molecule has 0 radical (unpaired) electrons. The lowest BCUT2D eigenvalue weighted by atomic mass is 10.3. The summed E-state index contributed by atoms with van der Waals surface area (Å²) in [6, 6.07) is 26.3. The first-order valence-corrected chi connectivity index (χ1v) is 10.2. The summed E-state index contributed by atoms with van der Waals surface area (Å²) in [4.78, 5) is 13.8. The highest BCUT2D eigenvalue weighted by Crippen LogP contribution is 2.18. The normalized spacial score (nSPS) is 12.6. The molecule has 4 aromatic heterocycles. The summed E-state index contributed by atoms with van der Waals surface area (Å²) in [7, 11) is 0. The maximum atomic E-state index is 6.32. The lowest BCUT2D eigenvalue weighted by Gasteiger charge is -2.08. The average molecular weight is 404 g/mol. The number of benzene rings is 1. The van der Waals surface area contributed by atoms with Crippen molar-refractivity contribution in [2.75, 3.05) is 0 Å². The molecule has 1 aromatic carbocycles. The summed E-state index contributed by atoms with van der Waals surface area (Å²) in [5, 5.41) is 3.96. The molecule has 5 nitrogen and oxygen atoms in total. The third kappa shape index (κ3) is 3.53. The van der Waals surface area contributed by atoms with Crippen LogP contribution in [0.3, 0.4) is 0 Å². The van der Waals surface area contributed by atoms with Crippen molar-refractivity contribution >= 4 is 24.0 Å². The highest BCUT2D eigenvalue weighted by atomic mass is 16.5. The molecule has 0 amide bonds. The van der Waals surface area contributed by atoms with E-state index in [0.717, 1.165) is 55.7 Å². The number of rotatable bonds is 2. The Morgan fingerprint density at radius 3 is 1.84 bits per heavy atom. The van der Waals surface area contributed by atoms with Gasteiger partial charge in [-0.2, -0.15) is 0 Å². The second-order valence-electron chi connectivity index (χ2n) is 7.57. The maximum Gasteiger partial charge on any atom is 0.174 e. The molecular weight excluding hydrogens is 384 g/mol. The van der Waals surface area contributed by atoms with E-state index in [-0.39, 0.29) is 0 Å². The summed E-state index contributed by atoms with van der Waals surface area (Å²) in [5.41, 5.74) is 3.96. The lowest BCUT2D eigenvalue weighted by molar-refractivity contribution is 0.507. The van der Waals surface area contributed by atoms with E-state index in [1.807, 2.05) is 42.5 Å². The predicted molar refractivity (Wildman–Crippen MR) is 122 cm³/mol. The zero-order valence-corrected chi connectivity index (χ0v) is 16.6. The zero-order valence-electron chi connectivity index (χ0n) is 16.6. The fourth-order valence-corrected chi connectivity index (χ4v) is 3.82. The monoisotopic (exact) mass is 404 g/mol. The Bertz CT molecular complexity index is 1610. The minimum absolute atomic E-state index is 0.741. The van der Waals surface area contributed by atoms with Gasteiger partial charge >= 0.3 is 0 Å². The van der Waals surface area contributed by atoms with E-state index < -0.39 is 0 Å². The minimum atomic E-state index is 0.741. The molecule has 6 rings (SSSR count). The van der Waals surface area contributed by atoms with Gasteiger partial charge in [-0.3, -0.25) is 0 Å². The van der Waals surface area contributed by atoms with Gasteiger partial charge in [0.2, 0.25) is 0 Å². The Labute approximate surface area is 177 Å². The molecule has 0 fully saturated rings. The fraction of sp³-hybridized carbons (Fsp3) is 0. The van der Waals surface area contributed by atoms with Crippen molar-refractivity contribution in [2.45, 2.75) is 0 Å². The van der Waals surface area contributed by atoms with E-state index in [9.17, 15) is 0 Å². The van der Waals surface area contributed by atoms with Crippen LogP contribution in [0.1, 0.15) is 22.8 Å². The number of nitrogens with one attached hydrogen (secondary N) is 4. The van der Waals surface area contributed by atoms with Crippen LogP contribution in [0, 0.1) is 0 Å². The van der Waals surface area contributed by atoms with Crippen LogP contribution in [0.5, 0.6) is 5.75 Å². The highest BCUT2D eigenvalue weighted by Gasteiger charge is 2.10. The van der Waals surface area contributed by atoms with Gasteiger partial charge in [-0.15, -0.1) is 0 Å². The van der Waals surface area contributed by atoms with E-state index in [4.69, 9.17) is 4.74 Å². The molecule has 8 bridgehead atoms. The van der Waals surface area contributed by atoms with Crippen molar-refractivity contribution in [1.82, 2.24) is 19.9 Å². The summed E-state index contributed by atoms with van der Waals surface area (Å²) in [6.45, 7) is 0. The van der Waals surface area contributed by atoms with Crippen LogP contribution in [0.2, 0.25) is 0 Å². The summed E-state index contributed by atoms with van der Waals surface area (Å²) < 4.78 is 6.32. The molecule has 0 saturated carbocycles. The van der Waals surface area contributed by atoms with Gasteiger partial charge in [-0.05, 0) is 78.9 Å². The van der Waals surface area contributed by atoms with Crippen LogP contribution in [-0.2, 0) is 0 Å². The number of para-hydroxylation sites is 1. The number of fused-ring (bicyclic) bond motifs is 8. The Morgan fingerprint density at radius 2 is 1.10 bits per heavy atom. The van der Waals surface area contributed by atoms with Gasteiger partial charge in [0.15, 0.2) is 5.76 Å². The summed E-state index contributed by atoms with van der Waals surface area (Å²) in [6.07, 6.45) is 6.27. The number of aromatic amines is 4. The smallest absolute Gasteiger partial charge is 0.174 e. The quantitative estimate of drug-likeness (QED) is 0.357. The average Bonchev–Trinajstić information content (AvgIpc) is 3.57. The Morgan fingerprint density at radius 1 is 0.484 bits per heavy atom. The highest BCUT2D eigenvalue weighted by molar-refractivity contribution is 5.61. The third-order valence-corrected chi connectivity index (χ3v) is 5.26. The molecule has 150 valence electrons.